The maximum Gasteiger partial charge on any atom is 0.142 e. The minimum absolute atomic E-state index is 0.693. The maximum absolute atomic E-state index is 5.54. The Labute approximate surface area is 163 Å². The van der Waals surface area contributed by atoms with E-state index in [4.69, 9.17) is 4.74 Å². The molecule has 1 heterocycles. The van der Waals surface area contributed by atoms with Crippen LogP contribution in [0.4, 0.5) is 5.69 Å². The van der Waals surface area contributed by atoms with E-state index in [1.54, 1.807) is 7.11 Å². The highest BCUT2D eigenvalue weighted by Gasteiger charge is 2.26. The van der Waals surface area contributed by atoms with E-state index < -0.39 is 0 Å². The summed E-state index contributed by atoms with van der Waals surface area (Å²) in [6, 6.07) is 18.0. The van der Waals surface area contributed by atoms with Crippen molar-refractivity contribution in [2.24, 2.45) is 0 Å². The van der Waals surface area contributed by atoms with E-state index in [-0.39, 0.29) is 0 Å². The molecule has 2 aliphatic rings. The van der Waals surface area contributed by atoms with Crippen molar-refractivity contribution in [3.05, 3.63) is 65.7 Å². The van der Waals surface area contributed by atoms with Crippen LogP contribution < -0.4 is 9.64 Å². The average Bonchev–Trinajstić information content (AvgIpc) is 2.74. The Kier molecular flexibility index (Phi) is 5.49. The van der Waals surface area contributed by atoms with Crippen molar-refractivity contribution in [3.8, 4) is 5.75 Å². The van der Waals surface area contributed by atoms with E-state index in [2.05, 4.69) is 65.3 Å². The molecule has 1 saturated heterocycles. The lowest BCUT2D eigenvalue weighted by molar-refractivity contribution is 0.175. The quantitative estimate of drug-likeness (QED) is 0.780. The summed E-state index contributed by atoms with van der Waals surface area (Å²) in [5.74, 6) is 0.981. The van der Waals surface area contributed by atoms with Gasteiger partial charge in [0.1, 0.15) is 5.75 Å². The van der Waals surface area contributed by atoms with Crippen molar-refractivity contribution in [2.75, 3.05) is 38.2 Å². The van der Waals surface area contributed by atoms with Gasteiger partial charge in [0.2, 0.25) is 0 Å². The Bertz CT molecular complexity index is 806. The Balaban J connectivity index is 1.36. The molecular formula is C24H30N2O. The Morgan fingerprint density at radius 2 is 1.78 bits per heavy atom. The summed E-state index contributed by atoms with van der Waals surface area (Å²) in [6.07, 6.45) is 6.13. The van der Waals surface area contributed by atoms with Crippen molar-refractivity contribution < 1.29 is 4.74 Å². The van der Waals surface area contributed by atoms with Gasteiger partial charge in [-0.1, -0.05) is 48.0 Å². The lowest BCUT2D eigenvalue weighted by Gasteiger charge is -2.41. The average molecular weight is 363 g/mol. The van der Waals surface area contributed by atoms with Crippen LogP contribution in [-0.2, 0) is 0 Å². The highest BCUT2D eigenvalue weighted by atomic mass is 16.5. The number of anilines is 1. The van der Waals surface area contributed by atoms with Crippen molar-refractivity contribution in [1.82, 2.24) is 4.90 Å². The van der Waals surface area contributed by atoms with E-state index in [1.807, 2.05) is 6.07 Å². The van der Waals surface area contributed by atoms with E-state index in [0.717, 1.165) is 31.9 Å². The minimum Gasteiger partial charge on any atom is -0.495 e. The van der Waals surface area contributed by atoms with Gasteiger partial charge in [0.25, 0.3) is 0 Å². The number of aryl methyl sites for hydroxylation is 1. The summed E-state index contributed by atoms with van der Waals surface area (Å²) < 4.78 is 5.54. The zero-order valence-corrected chi connectivity index (χ0v) is 16.5. The summed E-state index contributed by atoms with van der Waals surface area (Å²) in [5, 5.41) is 0. The number of para-hydroxylation sites is 2. The van der Waals surface area contributed by atoms with Gasteiger partial charge >= 0.3 is 0 Å². The number of methoxy groups -OCH3 is 1. The topological polar surface area (TPSA) is 15.7 Å². The third-order valence-electron chi connectivity index (χ3n) is 6.03. The molecule has 0 amide bonds. The normalized spacial score (nSPS) is 21.0. The zero-order valence-electron chi connectivity index (χ0n) is 16.5. The molecule has 142 valence electrons. The Morgan fingerprint density at radius 1 is 0.963 bits per heavy atom. The van der Waals surface area contributed by atoms with Gasteiger partial charge in [-0.05, 0) is 49.5 Å². The molecule has 0 N–H and O–H groups in total. The summed E-state index contributed by atoms with van der Waals surface area (Å²) in [7, 11) is 1.76. The van der Waals surface area contributed by atoms with Crippen LogP contribution in [-0.4, -0.2) is 44.2 Å². The molecule has 1 atom stereocenters. The molecule has 2 aromatic carbocycles. The molecule has 0 saturated carbocycles. The third kappa shape index (κ3) is 4.03. The number of allylic oxidation sites excluding steroid dienone is 1. The van der Waals surface area contributed by atoms with Crippen LogP contribution in [0.3, 0.4) is 0 Å². The smallest absolute Gasteiger partial charge is 0.142 e. The predicted molar refractivity (Wildman–Crippen MR) is 114 cm³/mol. The first-order valence-corrected chi connectivity index (χ1v) is 10.1. The van der Waals surface area contributed by atoms with Crippen molar-refractivity contribution in [3.63, 3.8) is 0 Å². The molecule has 1 aliphatic heterocycles. The summed E-state index contributed by atoms with van der Waals surface area (Å²) in [4.78, 5) is 5.15. The molecule has 1 unspecified atom stereocenters. The molecule has 27 heavy (non-hydrogen) atoms. The molecule has 3 nitrogen and oxygen atoms in total. The molecule has 0 aromatic heterocycles. The zero-order chi connectivity index (χ0) is 18.6. The van der Waals surface area contributed by atoms with Crippen molar-refractivity contribution in [1.29, 1.82) is 0 Å². The Hall–Kier alpha value is -2.26. The van der Waals surface area contributed by atoms with Crippen LogP contribution in [0.25, 0.3) is 5.57 Å². The number of ether oxygens (including phenoxy) is 1. The number of hydrogen-bond donors (Lipinski definition) is 0. The molecule has 4 rings (SSSR count). The molecule has 1 aliphatic carbocycles. The standard InChI is InChI=1S/C24H30N2O/c1-19-6-5-7-21(18-19)20-10-12-22(13-11-20)25-14-16-26(17-15-25)23-8-3-4-9-24(23)27-2/h3-10,18,22H,11-17H2,1-2H3. The second kappa shape index (κ2) is 8.18. The Morgan fingerprint density at radius 3 is 2.48 bits per heavy atom. The van der Waals surface area contributed by atoms with Crippen LogP contribution in [0.5, 0.6) is 5.75 Å². The lowest BCUT2D eigenvalue weighted by Crippen LogP contribution is -2.50. The fraction of sp³-hybridized carbons (Fsp3) is 0.417. The molecule has 0 spiro atoms. The van der Waals surface area contributed by atoms with Gasteiger partial charge in [-0.15, -0.1) is 0 Å². The summed E-state index contributed by atoms with van der Waals surface area (Å²) in [6.45, 7) is 6.60. The van der Waals surface area contributed by atoms with Gasteiger partial charge in [-0.25, -0.2) is 0 Å². The minimum atomic E-state index is 0.693. The van der Waals surface area contributed by atoms with E-state index in [9.17, 15) is 0 Å². The van der Waals surface area contributed by atoms with Gasteiger partial charge in [0, 0.05) is 32.2 Å². The van der Waals surface area contributed by atoms with Gasteiger partial charge < -0.3 is 9.64 Å². The summed E-state index contributed by atoms with van der Waals surface area (Å²) in [5.41, 5.74) is 5.52. The highest BCUT2D eigenvalue weighted by molar-refractivity contribution is 5.67. The van der Waals surface area contributed by atoms with Gasteiger partial charge in [-0.3, -0.25) is 4.90 Å². The van der Waals surface area contributed by atoms with Gasteiger partial charge in [0.05, 0.1) is 12.8 Å². The third-order valence-corrected chi connectivity index (χ3v) is 6.03. The first-order chi connectivity index (χ1) is 13.2. The second-order valence-electron chi connectivity index (χ2n) is 7.72. The SMILES string of the molecule is COc1ccccc1N1CCN(C2CC=C(c3cccc(C)c3)CC2)CC1. The molecule has 2 aromatic rings. The van der Waals surface area contributed by atoms with Crippen LogP contribution in [0.1, 0.15) is 30.4 Å². The fourth-order valence-corrected chi connectivity index (χ4v) is 4.48. The molecule has 1 fully saturated rings. The first kappa shape index (κ1) is 18.1. The van der Waals surface area contributed by atoms with Crippen LogP contribution in [0.2, 0.25) is 0 Å². The molecule has 0 bridgehead atoms. The largest absolute Gasteiger partial charge is 0.495 e. The number of rotatable bonds is 4. The van der Waals surface area contributed by atoms with E-state index >= 15 is 0 Å². The van der Waals surface area contributed by atoms with Gasteiger partial charge in [-0.2, -0.15) is 0 Å². The fourth-order valence-electron chi connectivity index (χ4n) is 4.48. The molecular weight excluding hydrogens is 332 g/mol. The van der Waals surface area contributed by atoms with Crippen molar-refractivity contribution >= 4 is 11.3 Å². The van der Waals surface area contributed by atoms with Crippen LogP contribution >= 0.6 is 0 Å². The van der Waals surface area contributed by atoms with Crippen LogP contribution in [0, 0.1) is 6.92 Å². The van der Waals surface area contributed by atoms with Crippen molar-refractivity contribution in [2.45, 2.75) is 32.2 Å². The van der Waals surface area contributed by atoms with Gasteiger partial charge in [0.15, 0.2) is 0 Å². The first-order valence-electron chi connectivity index (χ1n) is 10.1. The monoisotopic (exact) mass is 362 g/mol. The highest BCUT2D eigenvalue weighted by Crippen LogP contribution is 2.32. The predicted octanol–water partition coefficient (Wildman–Crippen LogP) is 4.76. The summed E-state index contributed by atoms with van der Waals surface area (Å²) >= 11 is 0. The molecule has 0 radical (unpaired) electrons. The number of benzene rings is 2. The number of hydrogen-bond acceptors (Lipinski definition) is 3. The number of nitrogens with zero attached hydrogens (tertiary/aromatic N) is 2. The van der Waals surface area contributed by atoms with Crippen LogP contribution in [0.15, 0.2) is 54.6 Å². The molecule has 3 heteroatoms. The number of piperazine rings is 1. The van der Waals surface area contributed by atoms with E-state index in [0.29, 0.717) is 6.04 Å². The maximum atomic E-state index is 5.54. The lowest BCUT2D eigenvalue weighted by atomic mass is 9.89. The second-order valence-corrected chi connectivity index (χ2v) is 7.72. The van der Waals surface area contributed by atoms with E-state index in [1.165, 1.54) is 41.6 Å².